The van der Waals surface area contributed by atoms with Gasteiger partial charge in [0.1, 0.15) is 24.0 Å². The number of carbonyl (C=O) groups is 2. The van der Waals surface area contributed by atoms with Crippen LogP contribution in [0.3, 0.4) is 0 Å². The molecule has 0 unspecified atom stereocenters. The summed E-state index contributed by atoms with van der Waals surface area (Å²) in [7, 11) is 0. The van der Waals surface area contributed by atoms with Crippen LogP contribution >= 0.6 is 11.6 Å². The Balaban J connectivity index is 1.18. The number of benzene rings is 1. The molecule has 3 saturated carbocycles. The van der Waals surface area contributed by atoms with Crippen LogP contribution in [0.2, 0.25) is 5.02 Å². The quantitative estimate of drug-likeness (QED) is 0.549. The van der Waals surface area contributed by atoms with Crippen molar-refractivity contribution in [2.45, 2.75) is 44.9 Å². The number of pyridine rings is 1. The SMILES string of the molecule is O=C(COc1ccc(Cl)c(F)c1)CC12CC(C(=O)CCCc3ccncc3)(C1)C2. The molecule has 1 heterocycles. The third kappa shape index (κ3) is 4.20. The van der Waals surface area contributed by atoms with E-state index in [1.165, 1.54) is 17.7 Å². The largest absolute Gasteiger partial charge is 0.486 e. The summed E-state index contributed by atoms with van der Waals surface area (Å²) in [6, 6.07) is 8.08. The monoisotopic (exact) mass is 415 g/mol. The maximum atomic E-state index is 13.4. The number of hydrogen-bond donors (Lipinski definition) is 0. The van der Waals surface area contributed by atoms with E-state index in [4.69, 9.17) is 16.3 Å². The summed E-state index contributed by atoms with van der Waals surface area (Å²) < 4.78 is 18.8. The molecule has 1 aromatic carbocycles. The van der Waals surface area contributed by atoms with E-state index < -0.39 is 5.82 Å². The number of aromatic nitrogens is 1. The molecule has 5 rings (SSSR count). The fourth-order valence-corrected chi connectivity index (χ4v) is 5.07. The summed E-state index contributed by atoms with van der Waals surface area (Å²) in [6.07, 6.45) is 8.74. The summed E-state index contributed by atoms with van der Waals surface area (Å²) in [5.41, 5.74) is 0.999. The van der Waals surface area contributed by atoms with Crippen LogP contribution in [0.25, 0.3) is 0 Å². The van der Waals surface area contributed by atoms with Crippen molar-refractivity contribution in [3.05, 3.63) is 59.1 Å². The van der Waals surface area contributed by atoms with Crippen molar-refractivity contribution in [1.82, 2.24) is 4.98 Å². The summed E-state index contributed by atoms with van der Waals surface area (Å²) in [5, 5.41) is 0.0216. The molecule has 6 heteroatoms. The van der Waals surface area contributed by atoms with Gasteiger partial charge < -0.3 is 4.74 Å². The van der Waals surface area contributed by atoms with E-state index in [9.17, 15) is 14.0 Å². The van der Waals surface area contributed by atoms with Gasteiger partial charge in [0, 0.05) is 36.7 Å². The number of Topliss-reactive ketones (excluding diaryl/α,β-unsaturated/α-hetero) is 2. The molecule has 0 aliphatic heterocycles. The lowest BCUT2D eigenvalue weighted by atomic mass is 9.33. The third-order valence-electron chi connectivity index (χ3n) is 6.21. The predicted molar refractivity (Wildman–Crippen MR) is 107 cm³/mol. The minimum atomic E-state index is -0.569. The van der Waals surface area contributed by atoms with Crippen LogP contribution in [0.15, 0.2) is 42.7 Å². The van der Waals surface area contributed by atoms with Gasteiger partial charge in [-0.15, -0.1) is 0 Å². The average molecular weight is 416 g/mol. The summed E-state index contributed by atoms with van der Waals surface area (Å²) in [6.45, 7) is -0.0876. The standard InChI is InChI=1S/C23H23ClFNO3/c24-19-5-4-18(10-20(19)25)29-12-17(27)11-22-13-23(14-22,15-22)21(28)3-1-2-16-6-8-26-9-7-16/h4-10H,1-3,11-15H2. The fraction of sp³-hybridized carbons (Fsp3) is 0.435. The van der Waals surface area contributed by atoms with E-state index in [0.717, 1.165) is 32.1 Å². The van der Waals surface area contributed by atoms with Crippen LogP contribution in [-0.2, 0) is 16.0 Å². The highest BCUT2D eigenvalue weighted by atomic mass is 35.5. The first kappa shape index (κ1) is 20.0. The van der Waals surface area contributed by atoms with Gasteiger partial charge in [-0.1, -0.05) is 11.6 Å². The van der Waals surface area contributed by atoms with Crippen LogP contribution in [0.1, 0.15) is 44.1 Å². The van der Waals surface area contributed by atoms with Crippen molar-refractivity contribution in [3.8, 4) is 5.75 Å². The van der Waals surface area contributed by atoms with Crippen LogP contribution in [0.4, 0.5) is 4.39 Å². The Kier molecular flexibility index (Phi) is 5.43. The molecule has 3 aliphatic carbocycles. The Hall–Kier alpha value is -2.27. The lowest BCUT2D eigenvalue weighted by Crippen LogP contribution is -2.65. The Bertz CT molecular complexity index is 911. The van der Waals surface area contributed by atoms with Gasteiger partial charge in [0.05, 0.1) is 5.02 Å². The van der Waals surface area contributed by atoms with Crippen molar-refractivity contribution in [1.29, 1.82) is 0 Å². The molecule has 0 radical (unpaired) electrons. The molecule has 3 fully saturated rings. The van der Waals surface area contributed by atoms with E-state index in [2.05, 4.69) is 4.98 Å². The molecule has 0 atom stereocenters. The Morgan fingerprint density at radius 3 is 2.55 bits per heavy atom. The van der Waals surface area contributed by atoms with Gasteiger partial charge in [-0.2, -0.15) is 0 Å². The lowest BCUT2D eigenvalue weighted by molar-refractivity contribution is -0.208. The number of hydrogen-bond acceptors (Lipinski definition) is 4. The van der Waals surface area contributed by atoms with E-state index in [1.54, 1.807) is 18.5 Å². The second kappa shape index (κ2) is 7.86. The molecule has 2 bridgehead atoms. The number of halogens is 2. The highest BCUT2D eigenvalue weighted by Crippen LogP contribution is 2.75. The Morgan fingerprint density at radius 2 is 1.86 bits per heavy atom. The smallest absolute Gasteiger partial charge is 0.170 e. The zero-order chi connectivity index (χ0) is 20.5. The molecule has 2 aromatic rings. The summed E-state index contributed by atoms with van der Waals surface area (Å²) in [4.78, 5) is 28.9. The van der Waals surface area contributed by atoms with Crippen molar-refractivity contribution in [3.63, 3.8) is 0 Å². The van der Waals surface area contributed by atoms with Gasteiger partial charge in [0.2, 0.25) is 0 Å². The number of ether oxygens (including phenoxy) is 1. The van der Waals surface area contributed by atoms with Gasteiger partial charge in [-0.05, 0) is 67.3 Å². The van der Waals surface area contributed by atoms with E-state index in [-0.39, 0.29) is 28.2 Å². The van der Waals surface area contributed by atoms with Crippen molar-refractivity contribution >= 4 is 23.2 Å². The number of rotatable bonds is 10. The predicted octanol–water partition coefficient (Wildman–Crippen LogP) is 4.97. The highest BCUT2D eigenvalue weighted by molar-refractivity contribution is 6.30. The molecule has 3 aliphatic rings. The van der Waals surface area contributed by atoms with Gasteiger partial charge in [0.15, 0.2) is 5.78 Å². The van der Waals surface area contributed by atoms with Crippen LogP contribution in [-0.4, -0.2) is 23.2 Å². The van der Waals surface area contributed by atoms with Crippen LogP contribution < -0.4 is 4.74 Å². The van der Waals surface area contributed by atoms with Gasteiger partial charge in [0.25, 0.3) is 0 Å². The Labute approximate surface area is 174 Å². The minimum absolute atomic E-state index is 0.0150. The van der Waals surface area contributed by atoms with Crippen LogP contribution in [0.5, 0.6) is 5.75 Å². The molecule has 29 heavy (non-hydrogen) atoms. The fourth-order valence-electron chi connectivity index (χ4n) is 4.95. The number of carbonyl (C=O) groups excluding carboxylic acids is 2. The number of ketones is 2. The first-order valence-electron chi connectivity index (χ1n) is 9.92. The maximum Gasteiger partial charge on any atom is 0.170 e. The lowest BCUT2D eigenvalue weighted by Gasteiger charge is -2.70. The zero-order valence-electron chi connectivity index (χ0n) is 16.1. The zero-order valence-corrected chi connectivity index (χ0v) is 16.9. The van der Waals surface area contributed by atoms with Crippen molar-refractivity contribution < 1.29 is 18.7 Å². The van der Waals surface area contributed by atoms with E-state index in [0.29, 0.717) is 24.4 Å². The van der Waals surface area contributed by atoms with E-state index in [1.807, 2.05) is 12.1 Å². The highest BCUT2D eigenvalue weighted by Gasteiger charge is 2.70. The molecule has 4 nitrogen and oxygen atoms in total. The molecular weight excluding hydrogens is 393 g/mol. The average Bonchev–Trinajstić information content (AvgIpc) is 2.65. The van der Waals surface area contributed by atoms with Gasteiger partial charge in [-0.3, -0.25) is 14.6 Å². The molecule has 0 amide bonds. The third-order valence-corrected chi connectivity index (χ3v) is 6.52. The maximum absolute atomic E-state index is 13.4. The number of aryl methyl sites for hydroxylation is 1. The molecule has 0 N–H and O–H groups in total. The first-order valence-corrected chi connectivity index (χ1v) is 10.3. The van der Waals surface area contributed by atoms with Crippen molar-refractivity contribution in [2.75, 3.05) is 6.61 Å². The minimum Gasteiger partial charge on any atom is -0.486 e. The number of nitrogens with zero attached hydrogens (tertiary/aromatic N) is 1. The molecule has 0 spiro atoms. The second-order valence-electron chi connectivity index (χ2n) is 8.52. The Morgan fingerprint density at radius 1 is 1.14 bits per heavy atom. The van der Waals surface area contributed by atoms with E-state index >= 15 is 0 Å². The van der Waals surface area contributed by atoms with Crippen molar-refractivity contribution in [2.24, 2.45) is 10.8 Å². The topological polar surface area (TPSA) is 56.3 Å². The normalized spacial score (nSPS) is 24.3. The van der Waals surface area contributed by atoms with Crippen LogP contribution in [0, 0.1) is 16.6 Å². The van der Waals surface area contributed by atoms with Gasteiger partial charge in [-0.25, -0.2) is 4.39 Å². The molecule has 1 aromatic heterocycles. The molecule has 152 valence electrons. The molecule has 0 saturated heterocycles. The first-order chi connectivity index (χ1) is 13.9. The summed E-state index contributed by atoms with van der Waals surface area (Å²) in [5.74, 6) is 0.0478. The summed E-state index contributed by atoms with van der Waals surface area (Å²) >= 11 is 5.64. The second-order valence-corrected chi connectivity index (χ2v) is 8.93. The molecular formula is C23H23ClFNO3. The van der Waals surface area contributed by atoms with Gasteiger partial charge >= 0.3 is 0 Å².